The van der Waals surface area contributed by atoms with Crippen LogP contribution >= 0.6 is 0 Å². The molecular weight excluding hydrogens is 366 g/mol. The summed E-state index contributed by atoms with van der Waals surface area (Å²) in [4.78, 5) is 4.15. The van der Waals surface area contributed by atoms with Gasteiger partial charge in [0.2, 0.25) is 5.88 Å². The molecule has 1 atom stereocenters. The summed E-state index contributed by atoms with van der Waals surface area (Å²) < 4.78 is 22.8. The van der Waals surface area contributed by atoms with Gasteiger partial charge in [-0.1, -0.05) is 6.07 Å². The molecule has 0 saturated heterocycles. The van der Waals surface area contributed by atoms with Gasteiger partial charge in [-0.05, 0) is 73.7 Å². The first-order chi connectivity index (χ1) is 14.3. The minimum absolute atomic E-state index is 0.117. The number of hydrogen-bond acceptors (Lipinski definition) is 5. The summed E-state index contributed by atoms with van der Waals surface area (Å²) in [6.45, 7) is 2.36. The Balaban J connectivity index is 1.28. The fourth-order valence-electron chi connectivity index (χ4n) is 2.74. The van der Waals surface area contributed by atoms with E-state index in [1.54, 1.807) is 12.5 Å². The van der Waals surface area contributed by atoms with Crippen LogP contribution in [0.1, 0.15) is 6.92 Å². The Morgan fingerprint density at radius 3 is 2.21 bits per heavy atom. The average Bonchev–Trinajstić information content (AvgIpc) is 3.29. The summed E-state index contributed by atoms with van der Waals surface area (Å²) in [5, 5.41) is 0. The molecule has 0 fully saturated rings. The van der Waals surface area contributed by atoms with Crippen LogP contribution in [0.3, 0.4) is 0 Å². The zero-order chi connectivity index (χ0) is 19.9. The van der Waals surface area contributed by atoms with Crippen molar-refractivity contribution in [2.75, 3.05) is 6.61 Å². The summed E-state index contributed by atoms with van der Waals surface area (Å²) in [5.41, 5.74) is 1.01. The lowest BCUT2D eigenvalue weighted by Crippen LogP contribution is -2.21. The Bertz CT molecular complexity index is 997. The topological polar surface area (TPSA) is 53.7 Å². The van der Waals surface area contributed by atoms with Crippen molar-refractivity contribution in [3.8, 4) is 34.5 Å². The van der Waals surface area contributed by atoms with E-state index in [0.29, 0.717) is 12.5 Å². The molecule has 2 heterocycles. The van der Waals surface area contributed by atoms with Crippen molar-refractivity contribution in [2.45, 2.75) is 13.0 Å². The Morgan fingerprint density at radius 1 is 0.828 bits per heavy atom. The number of hydrogen-bond donors (Lipinski definition) is 0. The molecule has 0 spiro atoms. The highest BCUT2D eigenvalue weighted by atomic mass is 16.5. The quantitative estimate of drug-likeness (QED) is 0.372. The summed E-state index contributed by atoms with van der Waals surface area (Å²) >= 11 is 0. The number of rotatable bonds is 8. The second kappa shape index (κ2) is 8.97. The van der Waals surface area contributed by atoms with Crippen molar-refractivity contribution in [1.82, 2.24) is 4.98 Å². The average molecular weight is 387 g/mol. The van der Waals surface area contributed by atoms with E-state index in [9.17, 15) is 0 Å². The molecule has 5 heteroatoms. The molecule has 4 aromatic rings. The van der Waals surface area contributed by atoms with Crippen LogP contribution in [0.4, 0.5) is 0 Å². The third kappa shape index (κ3) is 5.17. The number of pyridine rings is 1. The summed E-state index contributed by atoms with van der Waals surface area (Å²) in [7, 11) is 0. The molecule has 146 valence electrons. The molecule has 0 aliphatic rings. The van der Waals surface area contributed by atoms with Gasteiger partial charge in [0.25, 0.3) is 0 Å². The van der Waals surface area contributed by atoms with Gasteiger partial charge in [-0.2, -0.15) is 0 Å². The van der Waals surface area contributed by atoms with Gasteiger partial charge in [-0.15, -0.1) is 0 Å². The summed E-state index contributed by atoms with van der Waals surface area (Å²) in [5.74, 6) is 3.67. The standard InChI is InChI=1S/C24H21NO4/c1-18(28-24-6-2-3-15-25-24)17-27-20-11-13-22(14-12-20)29-21-9-7-19(8-10-21)23-5-4-16-26-23/h2-16,18H,17H2,1H3. The number of nitrogens with zero attached hydrogens (tertiary/aromatic N) is 1. The van der Waals surface area contributed by atoms with Gasteiger partial charge in [-0.25, -0.2) is 4.98 Å². The van der Waals surface area contributed by atoms with Crippen molar-refractivity contribution in [1.29, 1.82) is 0 Å². The highest BCUT2D eigenvalue weighted by Gasteiger charge is 2.07. The molecular formula is C24H21NO4. The Morgan fingerprint density at radius 2 is 1.55 bits per heavy atom. The van der Waals surface area contributed by atoms with Crippen molar-refractivity contribution < 1.29 is 18.6 Å². The minimum atomic E-state index is -0.117. The predicted octanol–water partition coefficient (Wildman–Crippen LogP) is 5.98. The molecule has 2 aromatic heterocycles. The van der Waals surface area contributed by atoms with Gasteiger partial charge in [0.15, 0.2) is 0 Å². The van der Waals surface area contributed by atoms with E-state index in [4.69, 9.17) is 18.6 Å². The van der Waals surface area contributed by atoms with Crippen LogP contribution in [0.2, 0.25) is 0 Å². The number of furan rings is 1. The first-order valence-corrected chi connectivity index (χ1v) is 9.38. The van der Waals surface area contributed by atoms with E-state index >= 15 is 0 Å². The van der Waals surface area contributed by atoms with Crippen LogP contribution in [0, 0.1) is 0 Å². The maximum Gasteiger partial charge on any atom is 0.213 e. The van der Waals surface area contributed by atoms with Crippen molar-refractivity contribution >= 4 is 0 Å². The molecule has 4 rings (SSSR count). The van der Waals surface area contributed by atoms with Gasteiger partial charge in [0, 0.05) is 17.8 Å². The second-order valence-electron chi connectivity index (χ2n) is 6.48. The van der Waals surface area contributed by atoms with Crippen LogP contribution in [0.15, 0.2) is 95.7 Å². The van der Waals surface area contributed by atoms with Crippen LogP contribution in [0.5, 0.6) is 23.1 Å². The van der Waals surface area contributed by atoms with E-state index < -0.39 is 0 Å². The Labute approximate surface area is 169 Å². The lowest BCUT2D eigenvalue weighted by atomic mass is 10.2. The third-order valence-corrected chi connectivity index (χ3v) is 4.16. The maximum atomic E-state index is 5.89. The van der Waals surface area contributed by atoms with Crippen LogP contribution in [-0.4, -0.2) is 17.7 Å². The monoisotopic (exact) mass is 387 g/mol. The second-order valence-corrected chi connectivity index (χ2v) is 6.48. The number of aromatic nitrogens is 1. The normalized spacial score (nSPS) is 11.6. The Kier molecular flexibility index (Phi) is 5.76. The lowest BCUT2D eigenvalue weighted by molar-refractivity contribution is 0.138. The molecule has 0 aliphatic carbocycles. The van der Waals surface area contributed by atoms with Crippen LogP contribution in [-0.2, 0) is 0 Å². The van der Waals surface area contributed by atoms with Crippen molar-refractivity contribution in [2.24, 2.45) is 0 Å². The zero-order valence-electron chi connectivity index (χ0n) is 16.0. The third-order valence-electron chi connectivity index (χ3n) is 4.16. The fraction of sp³-hybridized carbons (Fsp3) is 0.125. The van der Waals surface area contributed by atoms with Crippen LogP contribution in [0.25, 0.3) is 11.3 Å². The highest BCUT2D eigenvalue weighted by molar-refractivity contribution is 5.58. The van der Waals surface area contributed by atoms with E-state index in [1.165, 1.54) is 0 Å². The van der Waals surface area contributed by atoms with E-state index in [2.05, 4.69) is 4.98 Å². The Hall–Kier alpha value is -3.73. The molecule has 0 bridgehead atoms. The molecule has 5 nitrogen and oxygen atoms in total. The van der Waals surface area contributed by atoms with Crippen molar-refractivity contribution in [3.05, 3.63) is 91.3 Å². The van der Waals surface area contributed by atoms with Gasteiger partial charge in [0.05, 0.1) is 6.26 Å². The molecule has 0 saturated carbocycles. The van der Waals surface area contributed by atoms with Crippen LogP contribution < -0.4 is 14.2 Å². The summed E-state index contributed by atoms with van der Waals surface area (Å²) in [6.07, 6.45) is 3.24. The molecule has 0 N–H and O–H groups in total. The SMILES string of the molecule is CC(COc1ccc(Oc2ccc(-c3ccco3)cc2)cc1)Oc1ccccn1. The molecule has 2 aromatic carbocycles. The molecule has 29 heavy (non-hydrogen) atoms. The lowest BCUT2D eigenvalue weighted by Gasteiger charge is -2.15. The molecule has 1 unspecified atom stereocenters. The number of benzene rings is 2. The minimum Gasteiger partial charge on any atom is -0.490 e. The summed E-state index contributed by atoms with van der Waals surface area (Å²) in [6, 6.07) is 24.6. The highest BCUT2D eigenvalue weighted by Crippen LogP contribution is 2.27. The first kappa shape index (κ1) is 18.6. The van der Waals surface area contributed by atoms with Gasteiger partial charge in [-0.3, -0.25) is 0 Å². The smallest absolute Gasteiger partial charge is 0.213 e. The fourth-order valence-corrected chi connectivity index (χ4v) is 2.74. The van der Waals surface area contributed by atoms with E-state index in [-0.39, 0.29) is 6.10 Å². The maximum absolute atomic E-state index is 5.89. The predicted molar refractivity (Wildman–Crippen MR) is 110 cm³/mol. The van der Waals surface area contributed by atoms with E-state index in [1.807, 2.05) is 85.8 Å². The van der Waals surface area contributed by atoms with Gasteiger partial charge < -0.3 is 18.6 Å². The number of ether oxygens (including phenoxy) is 3. The first-order valence-electron chi connectivity index (χ1n) is 9.38. The van der Waals surface area contributed by atoms with Crippen molar-refractivity contribution in [3.63, 3.8) is 0 Å². The van der Waals surface area contributed by atoms with Gasteiger partial charge in [0.1, 0.15) is 35.7 Å². The van der Waals surface area contributed by atoms with E-state index in [0.717, 1.165) is 28.6 Å². The molecule has 0 aliphatic heterocycles. The zero-order valence-corrected chi connectivity index (χ0v) is 16.0. The largest absolute Gasteiger partial charge is 0.490 e. The molecule has 0 amide bonds. The van der Waals surface area contributed by atoms with Gasteiger partial charge >= 0.3 is 0 Å². The molecule has 0 radical (unpaired) electrons.